The molecular weight excluding hydrogens is 254 g/mol. The Balaban J connectivity index is 2.20. The highest BCUT2D eigenvalue weighted by atomic mass is 16.6. The van der Waals surface area contributed by atoms with E-state index in [1.165, 1.54) is 29.8 Å². The number of ketones is 1. The molecule has 0 fully saturated rings. The zero-order valence-corrected chi connectivity index (χ0v) is 11.2. The summed E-state index contributed by atoms with van der Waals surface area (Å²) in [4.78, 5) is 22.3. The Hall–Kier alpha value is -2.49. The van der Waals surface area contributed by atoms with Crippen LogP contribution in [0, 0.1) is 10.1 Å². The van der Waals surface area contributed by atoms with Gasteiger partial charge in [0.25, 0.3) is 5.69 Å². The van der Waals surface area contributed by atoms with Crippen molar-refractivity contribution in [3.8, 4) is 0 Å². The molecule has 0 N–H and O–H groups in total. The molecule has 0 amide bonds. The topological polar surface area (TPSA) is 60.2 Å². The third-order valence-electron chi connectivity index (χ3n) is 3.10. The number of benzene rings is 2. The minimum Gasteiger partial charge on any atom is -0.289 e. The van der Waals surface area contributed by atoms with Crippen molar-refractivity contribution in [3.63, 3.8) is 0 Å². The number of rotatable bonds is 5. The maximum Gasteiger partial charge on any atom is 0.269 e. The first kappa shape index (κ1) is 13.9. The molecule has 102 valence electrons. The van der Waals surface area contributed by atoms with E-state index in [1.54, 1.807) is 12.1 Å². The molecule has 2 aromatic carbocycles. The minimum absolute atomic E-state index is 0.0140. The third-order valence-corrected chi connectivity index (χ3v) is 3.10. The summed E-state index contributed by atoms with van der Waals surface area (Å²) in [6.45, 7) is 2.11. The molecule has 20 heavy (non-hydrogen) atoms. The van der Waals surface area contributed by atoms with E-state index in [1.807, 2.05) is 12.1 Å². The van der Waals surface area contributed by atoms with Gasteiger partial charge in [-0.2, -0.15) is 0 Å². The minimum atomic E-state index is -0.478. The maximum absolute atomic E-state index is 12.2. The smallest absolute Gasteiger partial charge is 0.269 e. The highest BCUT2D eigenvalue weighted by Crippen LogP contribution is 2.16. The Morgan fingerprint density at radius 3 is 1.95 bits per heavy atom. The molecule has 4 nitrogen and oxygen atoms in total. The van der Waals surface area contributed by atoms with E-state index >= 15 is 0 Å². The van der Waals surface area contributed by atoms with Gasteiger partial charge >= 0.3 is 0 Å². The lowest BCUT2D eigenvalue weighted by Gasteiger charge is -2.03. The predicted molar refractivity (Wildman–Crippen MR) is 77.0 cm³/mol. The van der Waals surface area contributed by atoms with E-state index in [-0.39, 0.29) is 11.5 Å². The summed E-state index contributed by atoms with van der Waals surface area (Å²) in [5.74, 6) is -0.122. The van der Waals surface area contributed by atoms with Crippen LogP contribution < -0.4 is 0 Å². The van der Waals surface area contributed by atoms with Gasteiger partial charge in [0.15, 0.2) is 5.78 Å². The monoisotopic (exact) mass is 269 g/mol. The van der Waals surface area contributed by atoms with Crippen molar-refractivity contribution in [2.24, 2.45) is 0 Å². The molecule has 0 saturated carbocycles. The second kappa shape index (κ2) is 6.10. The number of non-ortho nitro benzene ring substituents is 1. The second-order valence-corrected chi connectivity index (χ2v) is 4.58. The fourth-order valence-electron chi connectivity index (χ4n) is 2.01. The van der Waals surface area contributed by atoms with Gasteiger partial charge in [-0.05, 0) is 24.1 Å². The Kier molecular flexibility index (Phi) is 4.25. The highest BCUT2D eigenvalue weighted by molar-refractivity contribution is 6.09. The average Bonchev–Trinajstić information content (AvgIpc) is 2.48. The van der Waals surface area contributed by atoms with E-state index in [4.69, 9.17) is 0 Å². The number of carbonyl (C=O) groups is 1. The van der Waals surface area contributed by atoms with Crippen LogP contribution in [-0.4, -0.2) is 10.7 Å². The summed E-state index contributed by atoms with van der Waals surface area (Å²) in [5.41, 5.74) is 2.24. The van der Waals surface area contributed by atoms with Gasteiger partial charge in [-0.1, -0.05) is 37.6 Å². The van der Waals surface area contributed by atoms with Gasteiger partial charge in [0.1, 0.15) is 0 Å². The molecule has 0 bridgehead atoms. The highest BCUT2D eigenvalue weighted by Gasteiger charge is 2.11. The van der Waals surface area contributed by atoms with Crippen molar-refractivity contribution >= 4 is 11.5 Å². The molecule has 0 heterocycles. The van der Waals surface area contributed by atoms with Crippen LogP contribution in [-0.2, 0) is 6.42 Å². The van der Waals surface area contributed by atoms with Crippen molar-refractivity contribution in [3.05, 3.63) is 75.3 Å². The lowest BCUT2D eigenvalue weighted by molar-refractivity contribution is -0.384. The Labute approximate surface area is 117 Å². The fraction of sp³-hybridized carbons (Fsp3) is 0.188. The normalized spacial score (nSPS) is 10.2. The van der Waals surface area contributed by atoms with E-state index in [0.717, 1.165) is 12.8 Å². The van der Waals surface area contributed by atoms with Crippen LogP contribution in [0.25, 0.3) is 0 Å². The molecule has 0 aromatic heterocycles. The van der Waals surface area contributed by atoms with E-state index in [2.05, 4.69) is 6.92 Å². The first-order valence-electron chi connectivity index (χ1n) is 6.50. The first-order valence-corrected chi connectivity index (χ1v) is 6.50. The summed E-state index contributed by atoms with van der Waals surface area (Å²) in [6, 6.07) is 13.2. The molecule has 0 unspecified atom stereocenters. The number of nitro groups is 1. The van der Waals surface area contributed by atoms with Crippen LogP contribution in [0.5, 0.6) is 0 Å². The summed E-state index contributed by atoms with van der Waals surface area (Å²) >= 11 is 0. The number of nitro benzene ring substituents is 1. The Morgan fingerprint density at radius 2 is 1.50 bits per heavy atom. The van der Waals surface area contributed by atoms with Gasteiger partial charge in [0.05, 0.1) is 4.92 Å². The number of nitrogens with zero attached hydrogens (tertiary/aromatic N) is 1. The second-order valence-electron chi connectivity index (χ2n) is 4.58. The SMILES string of the molecule is CCCc1ccc(C(=O)c2ccc([N+](=O)[O-])cc2)cc1. The molecule has 0 spiro atoms. The van der Waals surface area contributed by atoms with Crippen LogP contribution in [0.2, 0.25) is 0 Å². The van der Waals surface area contributed by atoms with Gasteiger partial charge in [0.2, 0.25) is 0 Å². The third kappa shape index (κ3) is 3.09. The predicted octanol–water partition coefficient (Wildman–Crippen LogP) is 3.78. The average molecular weight is 269 g/mol. The van der Waals surface area contributed by atoms with Crippen molar-refractivity contribution in [2.75, 3.05) is 0 Å². The first-order chi connectivity index (χ1) is 9.61. The quantitative estimate of drug-likeness (QED) is 0.471. The zero-order chi connectivity index (χ0) is 14.5. The molecular formula is C16H15NO3. The summed E-state index contributed by atoms with van der Waals surface area (Å²) in [5, 5.41) is 10.6. The number of carbonyl (C=O) groups excluding carboxylic acids is 1. The van der Waals surface area contributed by atoms with Gasteiger partial charge in [-0.15, -0.1) is 0 Å². The molecule has 0 radical (unpaired) electrons. The summed E-state index contributed by atoms with van der Waals surface area (Å²) in [7, 11) is 0. The molecule has 2 aromatic rings. The van der Waals surface area contributed by atoms with Crippen molar-refractivity contribution in [1.82, 2.24) is 0 Å². The molecule has 2 rings (SSSR count). The number of hydrogen-bond acceptors (Lipinski definition) is 3. The molecule has 4 heteroatoms. The lowest BCUT2D eigenvalue weighted by Crippen LogP contribution is -2.01. The molecule has 0 saturated heterocycles. The van der Waals surface area contributed by atoms with Gasteiger partial charge in [0, 0.05) is 23.3 Å². The van der Waals surface area contributed by atoms with E-state index in [9.17, 15) is 14.9 Å². The van der Waals surface area contributed by atoms with Gasteiger partial charge < -0.3 is 0 Å². The van der Waals surface area contributed by atoms with Crippen molar-refractivity contribution in [1.29, 1.82) is 0 Å². The number of aryl methyl sites for hydroxylation is 1. The molecule has 0 aliphatic carbocycles. The lowest BCUT2D eigenvalue weighted by atomic mass is 10.0. The zero-order valence-electron chi connectivity index (χ0n) is 11.2. The van der Waals surface area contributed by atoms with Gasteiger partial charge in [-0.25, -0.2) is 0 Å². The summed E-state index contributed by atoms with van der Waals surface area (Å²) < 4.78 is 0. The van der Waals surface area contributed by atoms with Crippen molar-refractivity contribution < 1.29 is 9.72 Å². The van der Waals surface area contributed by atoms with Crippen LogP contribution in [0.3, 0.4) is 0 Å². The molecule has 0 aliphatic rings. The standard InChI is InChI=1S/C16H15NO3/c1-2-3-12-4-6-13(7-5-12)16(18)14-8-10-15(11-9-14)17(19)20/h4-11H,2-3H2,1H3. The van der Waals surface area contributed by atoms with Crippen LogP contribution in [0.1, 0.15) is 34.8 Å². The fourth-order valence-corrected chi connectivity index (χ4v) is 2.01. The largest absolute Gasteiger partial charge is 0.289 e. The van der Waals surface area contributed by atoms with E-state index in [0.29, 0.717) is 11.1 Å². The molecule has 0 atom stereocenters. The Bertz CT molecular complexity index is 615. The Morgan fingerprint density at radius 1 is 1.00 bits per heavy atom. The van der Waals surface area contributed by atoms with E-state index < -0.39 is 4.92 Å². The van der Waals surface area contributed by atoms with Crippen molar-refractivity contribution in [2.45, 2.75) is 19.8 Å². The summed E-state index contributed by atoms with van der Waals surface area (Å²) in [6.07, 6.45) is 2.06. The van der Waals surface area contributed by atoms with Gasteiger partial charge in [-0.3, -0.25) is 14.9 Å². The van der Waals surface area contributed by atoms with Crippen LogP contribution in [0.4, 0.5) is 5.69 Å². The van der Waals surface area contributed by atoms with Crippen LogP contribution in [0.15, 0.2) is 48.5 Å². The molecule has 0 aliphatic heterocycles. The maximum atomic E-state index is 12.2. The number of hydrogen-bond donors (Lipinski definition) is 0. The van der Waals surface area contributed by atoms with Crippen LogP contribution >= 0.6 is 0 Å².